The minimum Gasteiger partial charge on any atom is -0.224 e. The molecule has 3 aromatic carbocycles. The molecule has 0 amide bonds. The fraction of sp³-hybridized carbons (Fsp3) is 0.158. The molecule has 0 aromatic heterocycles. The molecule has 2 nitrogen and oxygen atoms in total. The van der Waals surface area contributed by atoms with Crippen LogP contribution in [0.25, 0.3) is 10.8 Å². The second kappa shape index (κ2) is 6.32. The third kappa shape index (κ3) is 3.37. The number of fused-ring (bicyclic) bond motifs is 1. The Kier molecular flexibility index (Phi) is 4.25. The number of benzene rings is 3. The molecule has 0 radical (unpaired) electrons. The van der Waals surface area contributed by atoms with E-state index < -0.39 is 9.84 Å². The molecule has 0 atom stereocenters. The average Bonchev–Trinajstić information content (AvgIpc) is 2.55. The number of hydrogen-bond acceptors (Lipinski definition) is 2. The first kappa shape index (κ1) is 14.8. The maximum absolute atomic E-state index is 12.5. The topological polar surface area (TPSA) is 34.1 Å². The van der Waals surface area contributed by atoms with E-state index in [0.717, 1.165) is 17.2 Å². The molecule has 0 bridgehead atoms. The van der Waals surface area contributed by atoms with Crippen LogP contribution in [0.5, 0.6) is 0 Å². The van der Waals surface area contributed by atoms with Crippen molar-refractivity contribution in [2.75, 3.05) is 5.75 Å². The minimum atomic E-state index is -3.22. The van der Waals surface area contributed by atoms with Crippen LogP contribution in [0.4, 0.5) is 0 Å². The van der Waals surface area contributed by atoms with Crippen LogP contribution in [-0.4, -0.2) is 14.2 Å². The lowest BCUT2D eigenvalue weighted by atomic mass is 10.1. The van der Waals surface area contributed by atoms with Gasteiger partial charge in [0, 0.05) is 0 Å². The lowest BCUT2D eigenvalue weighted by molar-refractivity contribution is 0.593. The Labute approximate surface area is 131 Å². The van der Waals surface area contributed by atoms with E-state index in [-0.39, 0.29) is 5.75 Å². The van der Waals surface area contributed by atoms with Crippen LogP contribution < -0.4 is 0 Å². The summed E-state index contributed by atoms with van der Waals surface area (Å²) in [5.41, 5.74) is 1.18. The molecule has 3 heteroatoms. The predicted molar refractivity (Wildman–Crippen MR) is 90.8 cm³/mol. The Morgan fingerprint density at radius 2 is 1.41 bits per heavy atom. The Bertz CT molecular complexity index is 868. The molecule has 3 aromatic rings. The maximum atomic E-state index is 12.5. The average molecular weight is 310 g/mol. The molecule has 0 saturated heterocycles. The zero-order chi connectivity index (χ0) is 15.4. The van der Waals surface area contributed by atoms with Crippen LogP contribution in [0.3, 0.4) is 0 Å². The van der Waals surface area contributed by atoms with Crippen molar-refractivity contribution in [1.29, 1.82) is 0 Å². The molecule has 22 heavy (non-hydrogen) atoms. The molecule has 0 N–H and O–H groups in total. The minimum absolute atomic E-state index is 0.181. The maximum Gasteiger partial charge on any atom is 0.178 e. The standard InChI is InChI=1S/C19H18O2S/c20-22(21,14-6-9-16-7-2-1-3-8-16)19-13-12-17-10-4-5-11-18(17)15-19/h1-5,7-8,10-13,15H,6,9,14H2. The Balaban J connectivity index is 1.74. The van der Waals surface area contributed by atoms with E-state index in [4.69, 9.17) is 0 Å². The van der Waals surface area contributed by atoms with Crippen LogP contribution in [-0.2, 0) is 16.3 Å². The summed E-state index contributed by atoms with van der Waals surface area (Å²) in [4.78, 5) is 0.416. The zero-order valence-electron chi connectivity index (χ0n) is 12.3. The van der Waals surface area contributed by atoms with Crippen LogP contribution in [0.15, 0.2) is 77.7 Å². The van der Waals surface area contributed by atoms with Crippen molar-refractivity contribution >= 4 is 20.6 Å². The summed E-state index contributed by atoms with van der Waals surface area (Å²) in [5.74, 6) is 0.181. The highest BCUT2D eigenvalue weighted by molar-refractivity contribution is 7.91. The summed E-state index contributed by atoms with van der Waals surface area (Å²) in [5, 5.41) is 2.03. The Morgan fingerprint density at radius 3 is 2.18 bits per heavy atom. The van der Waals surface area contributed by atoms with E-state index in [1.807, 2.05) is 60.7 Å². The zero-order valence-corrected chi connectivity index (χ0v) is 13.1. The van der Waals surface area contributed by atoms with Crippen LogP contribution in [0.1, 0.15) is 12.0 Å². The monoisotopic (exact) mass is 310 g/mol. The highest BCUT2D eigenvalue weighted by Gasteiger charge is 2.14. The van der Waals surface area contributed by atoms with Crippen molar-refractivity contribution in [3.05, 3.63) is 78.4 Å². The van der Waals surface area contributed by atoms with Gasteiger partial charge in [-0.1, -0.05) is 60.7 Å². The van der Waals surface area contributed by atoms with Gasteiger partial charge in [-0.2, -0.15) is 0 Å². The highest BCUT2D eigenvalue weighted by atomic mass is 32.2. The molecule has 3 rings (SSSR count). The SMILES string of the molecule is O=S(=O)(CCCc1ccccc1)c1ccc2ccccc2c1. The first-order valence-electron chi connectivity index (χ1n) is 7.41. The van der Waals surface area contributed by atoms with Crippen molar-refractivity contribution in [1.82, 2.24) is 0 Å². The van der Waals surface area contributed by atoms with E-state index in [1.54, 1.807) is 12.1 Å². The number of hydrogen-bond donors (Lipinski definition) is 0. The molecule has 112 valence electrons. The fourth-order valence-corrected chi connectivity index (χ4v) is 3.93. The fourth-order valence-electron chi connectivity index (χ4n) is 2.59. The number of sulfone groups is 1. The first-order valence-corrected chi connectivity index (χ1v) is 9.06. The highest BCUT2D eigenvalue weighted by Crippen LogP contribution is 2.20. The van der Waals surface area contributed by atoms with E-state index in [9.17, 15) is 8.42 Å². The first-order chi connectivity index (χ1) is 10.6. The van der Waals surface area contributed by atoms with Gasteiger partial charge in [0.05, 0.1) is 10.6 Å². The lowest BCUT2D eigenvalue weighted by Gasteiger charge is -2.06. The van der Waals surface area contributed by atoms with Gasteiger partial charge in [-0.15, -0.1) is 0 Å². The number of rotatable bonds is 5. The van der Waals surface area contributed by atoms with E-state index >= 15 is 0 Å². The van der Waals surface area contributed by atoms with Gasteiger partial charge in [0.2, 0.25) is 0 Å². The van der Waals surface area contributed by atoms with Gasteiger partial charge in [0.15, 0.2) is 9.84 Å². The molecule has 0 aliphatic rings. The summed E-state index contributed by atoms with van der Waals surface area (Å²) >= 11 is 0. The van der Waals surface area contributed by atoms with Gasteiger partial charge < -0.3 is 0 Å². The smallest absolute Gasteiger partial charge is 0.178 e. The van der Waals surface area contributed by atoms with Gasteiger partial charge in [-0.3, -0.25) is 0 Å². The third-order valence-corrected chi connectivity index (χ3v) is 5.60. The third-order valence-electron chi connectivity index (χ3n) is 3.80. The van der Waals surface area contributed by atoms with Gasteiger partial charge in [0.25, 0.3) is 0 Å². The van der Waals surface area contributed by atoms with Crippen molar-refractivity contribution in [2.45, 2.75) is 17.7 Å². The molecule has 0 spiro atoms. The van der Waals surface area contributed by atoms with Crippen LogP contribution >= 0.6 is 0 Å². The summed E-state index contributed by atoms with van der Waals surface area (Å²) in [6.45, 7) is 0. The molecule has 0 unspecified atom stereocenters. The van der Waals surface area contributed by atoms with E-state index in [1.165, 1.54) is 5.56 Å². The van der Waals surface area contributed by atoms with Crippen LogP contribution in [0, 0.1) is 0 Å². The molecule has 0 heterocycles. The van der Waals surface area contributed by atoms with Crippen molar-refractivity contribution in [2.24, 2.45) is 0 Å². The van der Waals surface area contributed by atoms with Gasteiger partial charge in [-0.05, 0) is 41.3 Å². The molecule has 0 saturated carbocycles. The van der Waals surface area contributed by atoms with Crippen molar-refractivity contribution < 1.29 is 8.42 Å². The summed E-state index contributed by atoms with van der Waals surface area (Å²) < 4.78 is 24.9. The molecule has 0 fully saturated rings. The summed E-state index contributed by atoms with van der Waals surface area (Å²) in [6, 6.07) is 23.2. The lowest BCUT2D eigenvalue weighted by Crippen LogP contribution is -2.07. The Morgan fingerprint density at radius 1 is 0.727 bits per heavy atom. The predicted octanol–water partition coefficient (Wildman–Crippen LogP) is 4.25. The van der Waals surface area contributed by atoms with Gasteiger partial charge in [0.1, 0.15) is 0 Å². The largest absolute Gasteiger partial charge is 0.224 e. The normalized spacial score (nSPS) is 11.6. The van der Waals surface area contributed by atoms with Gasteiger partial charge in [-0.25, -0.2) is 8.42 Å². The molecule has 0 aliphatic heterocycles. The summed E-state index contributed by atoms with van der Waals surface area (Å²) in [6.07, 6.45) is 1.42. The second-order valence-corrected chi connectivity index (χ2v) is 7.53. The summed E-state index contributed by atoms with van der Waals surface area (Å²) in [7, 11) is -3.22. The van der Waals surface area contributed by atoms with Crippen LogP contribution in [0.2, 0.25) is 0 Å². The van der Waals surface area contributed by atoms with E-state index in [0.29, 0.717) is 11.3 Å². The molecular weight excluding hydrogens is 292 g/mol. The molecule has 0 aliphatic carbocycles. The Hall–Kier alpha value is -2.13. The second-order valence-electron chi connectivity index (χ2n) is 5.42. The van der Waals surface area contributed by atoms with Crippen molar-refractivity contribution in [3.8, 4) is 0 Å². The van der Waals surface area contributed by atoms with E-state index in [2.05, 4.69) is 0 Å². The van der Waals surface area contributed by atoms with Crippen molar-refractivity contribution in [3.63, 3.8) is 0 Å². The quantitative estimate of drug-likeness (QED) is 0.706. The molecular formula is C19H18O2S. The van der Waals surface area contributed by atoms with Gasteiger partial charge >= 0.3 is 0 Å². The number of aryl methyl sites for hydroxylation is 1.